The molecule has 4 rings (SSSR count). The highest BCUT2D eigenvalue weighted by Gasteiger charge is 2.22. The van der Waals surface area contributed by atoms with Gasteiger partial charge in [-0.2, -0.15) is 0 Å². The molecule has 5 heteroatoms. The van der Waals surface area contributed by atoms with Crippen LogP contribution >= 0.6 is 0 Å². The number of carbonyl (C=O) groups excluding carboxylic acids is 1. The average molecular weight is 389 g/mol. The van der Waals surface area contributed by atoms with E-state index in [-0.39, 0.29) is 12.7 Å². The maximum absolute atomic E-state index is 12.9. The van der Waals surface area contributed by atoms with Gasteiger partial charge >= 0.3 is 0 Å². The summed E-state index contributed by atoms with van der Waals surface area (Å²) >= 11 is 0. The summed E-state index contributed by atoms with van der Waals surface area (Å²) in [7, 11) is 0. The Balaban J connectivity index is 1.69. The molecule has 3 aromatic rings. The third kappa shape index (κ3) is 4.25. The van der Waals surface area contributed by atoms with Gasteiger partial charge in [-0.25, -0.2) is 0 Å². The van der Waals surface area contributed by atoms with E-state index in [1.165, 1.54) is 0 Å². The molecule has 0 saturated carbocycles. The first kappa shape index (κ1) is 19.0. The monoisotopic (exact) mass is 389 g/mol. The predicted molar refractivity (Wildman–Crippen MR) is 111 cm³/mol. The van der Waals surface area contributed by atoms with E-state index in [0.29, 0.717) is 25.3 Å². The molecule has 0 fully saturated rings. The number of hydrogen-bond donors (Lipinski definition) is 0. The third-order valence-corrected chi connectivity index (χ3v) is 4.78. The lowest BCUT2D eigenvalue weighted by Gasteiger charge is -2.27. The molecule has 0 aromatic heterocycles. The molecule has 1 heterocycles. The normalized spacial score (nSPS) is 12.6. The van der Waals surface area contributed by atoms with Gasteiger partial charge < -0.3 is 19.1 Å². The van der Waals surface area contributed by atoms with Crippen molar-refractivity contribution in [2.24, 2.45) is 0 Å². The Bertz CT molecular complexity index is 987. The summed E-state index contributed by atoms with van der Waals surface area (Å²) in [6.07, 6.45) is 0.388. The molecule has 1 aliphatic heterocycles. The number of para-hydroxylation sites is 4. The number of hydrogen-bond acceptors (Lipinski definition) is 4. The van der Waals surface area contributed by atoms with Crippen LogP contribution in [0.25, 0.3) is 0 Å². The van der Waals surface area contributed by atoms with Gasteiger partial charge in [0.25, 0.3) is 0 Å². The molecule has 0 unspecified atom stereocenters. The van der Waals surface area contributed by atoms with Crippen molar-refractivity contribution < 1.29 is 19.0 Å². The second-order valence-electron chi connectivity index (χ2n) is 6.73. The largest absolute Gasteiger partial charge is 0.467 e. The third-order valence-electron chi connectivity index (χ3n) is 4.78. The van der Waals surface area contributed by atoms with E-state index in [1.807, 2.05) is 79.7 Å². The van der Waals surface area contributed by atoms with Crippen LogP contribution in [-0.2, 0) is 22.7 Å². The van der Waals surface area contributed by atoms with E-state index < -0.39 is 0 Å². The van der Waals surface area contributed by atoms with Crippen LogP contribution in [0.15, 0.2) is 72.8 Å². The predicted octanol–water partition coefficient (Wildman–Crippen LogP) is 5.29. The molecule has 0 spiro atoms. The van der Waals surface area contributed by atoms with Crippen LogP contribution < -0.4 is 14.4 Å². The minimum Gasteiger partial charge on any atom is -0.467 e. The van der Waals surface area contributed by atoms with Crippen LogP contribution in [0.5, 0.6) is 17.2 Å². The van der Waals surface area contributed by atoms with Crippen molar-refractivity contribution >= 4 is 11.6 Å². The molecule has 1 aliphatic rings. The highest BCUT2D eigenvalue weighted by atomic mass is 16.7. The molecular formula is C24H23NO4. The molecular weight excluding hydrogens is 366 g/mol. The minimum atomic E-state index is 0.0128. The van der Waals surface area contributed by atoms with E-state index in [0.717, 1.165) is 28.3 Å². The summed E-state index contributed by atoms with van der Waals surface area (Å²) in [5, 5.41) is 0. The van der Waals surface area contributed by atoms with Crippen LogP contribution in [-0.4, -0.2) is 12.7 Å². The lowest BCUT2D eigenvalue weighted by atomic mass is 10.1. The number of nitrogens with zero attached hydrogens (tertiary/aromatic N) is 1. The van der Waals surface area contributed by atoms with Gasteiger partial charge in [0.1, 0.15) is 11.5 Å². The molecule has 1 amide bonds. The van der Waals surface area contributed by atoms with Gasteiger partial charge in [0, 0.05) is 17.5 Å². The molecule has 0 radical (unpaired) electrons. The maximum atomic E-state index is 12.9. The number of anilines is 1. The van der Waals surface area contributed by atoms with Crippen molar-refractivity contribution in [1.29, 1.82) is 0 Å². The standard InChI is InChI=1S/C24H23NO4/c1-2-23(26)25(15-18-9-8-10-19-16-27-17-28-24(18)19)21-13-6-7-14-22(21)29-20-11-4-3-5-12-20/h3-14H,2,15-17H2,1H3. The van der Waals surface area contributed by atoms with Crippen LogP contribution in [0, 0.1) is 0 Å². The zero-order valence-electron chi connectivity index (χ0n) is 16.3. The number of amides is 1. The molecule has 0 bridgehead atoms. The fourth-order valence-corrected chi connectivity index (χ4v) is 3.36. The maximum Gasteiger partial charge on any atom is 0.227 e. The van der Waals surface area contributed by atoms with Gasteiger partial charge in [-0.3, -0.25) is 4.79 Å². The van der Waals surface area contributed by atoms with Gasteiger partial charge in [0.15, 0.2) is 12.5 Å². The van der Waals surface area contributed by atoms with Crippen molar-refractivity contribution in [3.8, 4) is 17.2 Å². The SMILES string of the molecule is CCC(=O)N(Cc1cccc2c1OCOC2)c1ccccc1Oc1ccccc1. The van der Waals surface area contributed by atoms with E-state index in [9.17, 15) is 4.79 Å². The first-order chi connectivity index (χ1) is 14.3. The van der Waals surface area contributed by atoms with Crippen LogP contribution in [0.2, 0.25) is 0 Å². The Morgan fingerprint density at radius 3 is 2.62 bits per heavy atom. The van der Waals surface area contributed by atoms with Gasteiger partial charge in [0.05, 0.1) is 18.8 Å². The summed E-state index contributed by atoms with van der Waals surface area (Å²) in [5.41, 5.74) is 2.67. The Morgan fingerprint density at radius 2 is 1.79 bits per heavy atom. The zero-order chi connectivity index (χ0) is 20.1. The topological polar surface area (TPSA) is 48.0 Å². The van der Waals surface area contributed by atoms with E-state index >= 15 is 0 Å². The van der Waals surface area contributed by atoms with Gasteiger partial charge in [-0.15, -0.1) is 0 Å². The van der Waals surface area contributed by atoms with Crippen LogP contribution in [0.1, 0.15) is 24.5 Å². The summed E-state index contributed by atoms with van der Waals surface area (Å²) in [4.78, 5) is 14.7. The Kier molecular flexibility index (Phi) is 5.77. The number of ether oxygens (including phenoxy) is 3. The first-order valence-corrected chi connectivity index (χ1v) is 9.70. The average Bonchev–Trinajstić information content (AvgIpc) is 2.78. The Labute approximate surface area is 170 Å². The summed E-state index contributed by atoms with van der Waals surface area (Å²) < 4.78 is 17.2. The van der Waals surface area contributed by atoms with Gasteiger partial charge in [-0.05, 0) is 24.3 Å². The summed E-state index contributed by atoms with van der Waals surface area (Å²) in [5.74, 6) is 2.17. The smallest absolute Gasteiger partial charge is 0.227 e. The molecule has 3 aromatic carbocycles. The van der Waals surface area contributed by atoms with E-state index in [4.69, 9.17) is 14.2 Å². The van der Waals surface area contributed by atoms with Crippen LogP contribution in [0.4, 0.5) is 5.69 Å². The number of carbonyl (C=O) groups is 1. The highest BCUT2D eigenvalue weighted by Crippen LogP contribution is 2.36. The molecule has 5 nitrogen and oxygen atoms in total. The summed E-state index contributed by atoms with van der Waals surface area (Å²) in [6.45, 7) is 2.99. The second-order valence-corrected chi connectivity index (χ2v) is 6.73. The molecule has 0 N–H and O–H groups in total. The van der Waals surface area contributed by atoms with Crippen molar-refractivity contribution in [2.45, 2.75) is 26.5 Å². The molecule has 148 valence electrons. The van der Waals surface area contributed by atoms with Crippen LogP contribution in [0.3, 0.4) is 0 Å². The lowest BCUT2D eigenvalue weighted by Crippen LogP contribution is -2.30. The summed E-state index contributed by atoms with van der Waals surface area (Å²) in [6, 6.07) is 23.1. The fourth-order valence-electron chi connectivity index (χ4n) is 3.36. The Hall–Kier alpha value is -3.31. The first-order valence-electron chi connectivity index (χ1n) is 9.70. The Morgan fingerprint density at radius 1 is 1.00 bits per heavy atom. The van der Waals surface area contributed by atoms with Gasteiger partial charge in [0.2, 0.25) is 5.91 Å². The lowest BCUT2D eigenvalue weighted by molar-refractivity contribution is -0.118. The number of rotatable bonds is 6. The van der Waals surface area contributed by atoms with Gasteiger partial charge in [-0.1, -0.05) is 55.5 Å². The molecule has 0 saturated heterocycles. The molecule has 29 heavy (non-hydrogen) atoms. The highest BCUT2D eigenvalue weighted by molar-refractivity contribution is 5.94. The van der Waals surface area contributed by atoms with E-state index in [2.05, 4.69) is 0 Å². The molecule has 0 atom stereocenters. The quantitative estimate of drug-likeness (QED) is 0.575. The van der Waals surface area contributed by atoms with Crippen molar-refractivity contribution in [3.05, 3.63) is 83.9 Å². The second kappa shape index (κ2) is 8.80. The molecule has 0 aliphatic carbocycles. The number of fused-ring (bicyclic) bond motifs is 1. The zero-order valence-corrected chi connectivity index (χ0v) is 16.3. The fraction of sp³-hybridized carbons (Fsp3) is 0.208. The number of benzene rings is 3. The van der Waals surface area contributed by atoms with Crippen molar-refractivity contribution in [2.75, 3.05) is 11.7 Å². The minimum absolute atomic E-state index is 0.0128. The van der Waals surface area contributed by atoms with E-state index in [1.54, 1.807) is 4.90 Å². The van der Waals surface area contributed by atoms with Crippen molar-refractivity contribution in [1.82, 2.24) is 0 Å². The van der Waals surface area contributed by atoms with Crippen molar-refractivity contribution in [3.63, 3.8) is 0 Å².